The van der Waals surface area contributed by atoms with E-state index in [4.69, 9.17) is 4.74 Å². The smallest absolute Gasteiger partial charge is 0.263 e. The predicted molar refractivity (Wildman–Crippen MR) is 133 cm³/mol. The van der Waals surface area contributed by atoms with Gasteiger partial charge in [0, 0.05) is 25.6 Å². The maximum Gasteiger partial charge on any atom is 0.263 e. The third kappa shape index (κ3) is 4.93. The molecule has 5 nitrogen and oxygen atoms in total. The van der Waals surface area contributed by atoms with E-state index in [0.717, 1.165) is 69.2 Å². The highest BCUT2D eigenvalue weighted by atomic mass is 19.1. The van der Waals surface area contributed by atoms with Crippen molar-refractivity contribution in [1.29, 1.82) is 0 Å². The lowest BCUT2D eigenvalue weighted by atomic mass is 9.87. The van der Waals surface area contributed by atoms with Gasteiger partial charge < -0.3 is 14.5 Å². The van der Waals surface area contributed by atoms with Gasteiger partial charge in [0.1, 0.15) is 11.6 Å². The van der Waals surface area contributed by atoms with Gasteiger partial charge in [-0.25, -0.2) is 4.39 Å². The SMILES string of the molecule is CC[C@H](Oc1ccc2c(c1)[C@H](c1ccc(F)cc1)N(C(=O)C1CCCC1)CC2)C(=O)N1CCCC1. The number of benzene rings is 2. The van der Waals surface area contributed by atoms with E-state index < -0.39 is 6.10 Å². The van der Waals surface area contributed by atoms with Gasteiger partial charge in [-0.15, -0.1) is 0 Å². The Bertz CT molecular complexity index is 1060. The lowest BCUT2D eigenvalue weighted by Gasteiger charge is -2.39. The van der Waals surface area contributed by atoms with Crippen molar-refractivity contribution in [2.45, 2.75) is 70.4 Å². The molecule has 186 valence electrons. The van der Waals surface area contributed by atoms with Gasteiger partial charge in [-0.3, -0.25) is 9.59 Å². The Morgan fingerprint density at radius 2 is 1.71 bits per heavy atom. The Kier molecular flexibility index (Phi) is 7.07. The molecule has 2 fully saturated rings. The molecule has 1 saturated heterocycles. The molecule has 6 heteroatoms. The van der Waals surface area contributed by atoms with Crippen molar-refractivity contribution in [3.8, 4) is 5.75 Å². The quantitative estimate of drug-likeness (QED) is 0.568. The van der Waals surface area contributed by atoms with Crippen LogP contribution in [0.2, 0.25) is 0 Å². The zero-order valence-corrected chi connectivity index (χ0v) is 20.5. The number of fused-ring (bicyclic) bond motifs is 1. The average molecular weight is 479 g/mol. The van der Waals surface area contributed by atoms with Crippen LogP contribution in [-0.2, 0) is 16.0 Å². The summed E-state index contributed by atoms with van der Waals surface area (Å²) in [6.07, 6.45) is 7.03. The third-order valence-electron chi connectivity index (χ3n) is 7.86. The Labute approximate surface area is 207 Å². The van der Waals surface area contributed by atoms with E-state index in [1.54, 1.807) is 12.1 Å². The van der Waals surface area contributed by atoms with Crippen LogP contribution in [0.4, 0.5) is 4.39 Å². The van der Waals surface area contributed by atoms with E-state index in [-0.39, 0.29) is 29.6 Å². The Morgan fingerprint density at radius 3 is 2.40 bits per heavy atom. The van der Waals surface area contributed by atoms with E-state index in [0.29, 0.717) is 18.7 Å². The van der Waals surface area contributed by atoms with E-state index in [2.05, 4.69) is 6.07 Å². The molecular formula is C29H35FN2O3. The summed E-state index contributed by atoms with van der Waals surface area (Å²) in [7, 11) is 0. The van der Waals surface area contributed by atoms with Crippen molar-refractivity contribution >= 4 is 11.8 Å². The molecule has 2 heterocycles. The minimum Gasteiger partial charge on any atom is -0.481 e. The van der Waals surface area contributed by atoms with E-state index in [1.807, 2.05) is 28.9 Å². The number of likely N-dealkylation sites (tertiary alicyclic amines) is 1. The molecule has 0 spiro atoms. The molecular weight excluding hydrogens is 443 g/mol. The molecule has 2 aromatic rings. The first-order valence-electron chi connectivity index (χ1n) is 13.2. The predicted octanol–water partition coefficient (Wildman–Crippen LogP) is 5.27. The number of nitrogens with zero attached hydrogens (tertiary/aromatic N) is 2. The van der Waals surface area contributed by atoms with Crippen LogP contribution in [0.1, 0.15) is 74.6 Å². The van der Waals surface area contributed by atoms with Crippen LogP contribution < -0.4 is 4.74 Å². The van der Waals surface area contributed by atoms with Crippen LogP contribution in [0.25, 0.3) is 0 Å². The van der Waals surface area contributed by atoms with Crippen molar-refractivity contribution in [3.63, 3.8) is 0 Å². The number of halogens is 1. The fourth-order valence-electron chi connectivity index (χ4n) is 5.93. The summed E-state index contributed by atoms with van der Waals surface area (Å²) in [6, 6.07) is 12.2. The van der Waals surface area contributed by atoms with Gasteiger partial charge in [0.15, 0.2) is 6.10 Å². The Hall–Kier alpha value is -2.89. The molecule has 1 saturated carbocycles. The highest BCUT2D eigenvalue weighted by Crippen LogP contribution is 2.40. The Balaban J connectivity index is 1.46. The van der Waals surface area contributed by atoms with Gasteiger partial charge in [0.25, 0.3) is 5.91 Å². The second-order valence-corrected chi connectivity index (χ2v) is 10.1. The molecule has 35 heavy (non-hydrogen) atoms. The largest absolute Gasteiger partial charge is 0.481 e. The van der Waals surface area contributed by atoms with Crippen LogP contribution in [0, 0.1) is 11.7 Å². The van der Waals surface area contributed by atoms with Crippen LogP contribution in [-0.4, -0.2) is 47.4 Å². The minimum absolute atomic E-state index is 0.0517. The number of carbonyl (C=O) groups excluding carboxylic acids is 2. The van der Waals surface area contributed by atoms with E-state index in [1.165, 1.54) is 17.7 Å². The first-order chi connectivity index (χ1) is 17.0. The normalized spacial score (nSPS) is 21.1. The molecule has 5 rings (SSSR count). The maximum atomic E-state index is 13.8. The molecule has 0 radical (unpaired) electrons. The molecule has 0 aromatic heterocycles. The molecule has 3 aliphatic rings. The average Bonchev–Trinajstić information content (AvgIpc) is 3.61. The monoisotopic (exact) mass is 478 g/mol. The number of hydrogen-bond acceptors (Lipinski definition) is 3. The standard InChI is InChI=1S/C29H35FN2O3/c1-2-26(29(34)31-16-5-6-17-31)35-24-14-11-20-15-18-32(28(33)22-7-3-4-8-22)27(25(20)19-24)21-9-12-23(30)13-10-21/h9-14,19,22,26-27H,2-8,15-18H2,1H3/t26-,27-/m0/s1. The second kappa shape index (κ2) is 10.4. The summed E-state index contributed by atoms with van der Waals surface area (Å²) in [5.41, 5.74) is 3.08. The van der Waals surface area contributed by atoms with E-state index >= 15 is 0 Å². The van der Waals surface area contributed by atoms with Crippen molar-refractivity contribution in [1.82, 2.24) is 9.80 Å². The van der Waals surface area contributed by atoms with Crippen LogP contribution in [0.3, 0.4) is 0 Å². The lowest BCUT2D eigenvalue weighted by molar-refractivity contribution is -0.138. The van der Waals surface area contributed by atoms with Gasteiger partial charge in [0.05, 0.1) is 6.04 Å². The van der Waals surface area contributed by atoms with Crippen molar-refractivity contribution in [2.75, 3.05) is 19.6 Å². The molecule has 0 bridgehead atoms. The van der Waals surface area contributed by atoms with Gasteiger partial charge in [-0.1, -0.05) is 38.0 Å². The highest BCUT2D eigenvalue weighted by molar-refractivity contribution is 5.82. The summed E-state index contributed by atoms with van der Waals surface area (Å²) >= 11 is 0. The van der Waals surface area contributed by atoms with Crippen LogP contribution in [0.5, 0.6) is 5.75 Å². The summed E-state index contributed by atoms with van der Waals surface area (Å²) in [5, 5.41) is 0. The summed E-state index contributed by atoms with van der Waals surface area (Å²) in [4.78, 5) is 30.5. The van der Waals surface area contributed by atoms with Gasteiger partial charge in [0.2, 0.25) is 5.91 Å². The number of ether oxygens (including phenoxy) is 1. The summed E-state index contributed by atoms with van der Waals surface area (Å²) in [6.45, 7) is 4.22. The zero-order chi connectivity index (χ0) is 24.4. The molecule has 2 aliphatic heterocycles. The highest BCUT2D eigenvalue weighted by Gasteiger charge is 2.37. The van der Waals surface area contributed by atoms with Gasteiger partial charge in [-0.05, 0) is 79.5 Å². The number of rotatable bonds is 6. The molecule has 0 N–H and O–H groups in total. The second-order valence-electron chi connectivity index (χ2n) is 10.1. The molecule has 2 aromatic carbocycles. The first kappa shape index (κ1) is 23.8. The fourth-order valence-corrected chi connectivity index (χ4v) is 5.93. The van der Waals surface area contributed by atoms with Crippen LogP contribution >= 0.6 is 0 Å². The van der Waals surface area contributed by atoms with Gasteiger partial charge in [-0.2, -0.15) is 0 Å². The van der Waals surface area contributed by atoms with Gasteiger partial charge >= 0.3 is 0 Å². The summed E-state index contributed by atoms with van der Waals surface area (Å²) < 4.78 is 20.0. The number of hydrogen-bond donors (Lipinski definition) is 0. The topological polar surface area (TPSA) is 49.9 Å². The van der Waals surface area contributed by atoms with Crippen LogP contribution in [0.15, 0.2) is 42.5 Å². The molecule has 0 unspecified atom stereocenters. The molecule has 1 aliphatic carbocycles. The fraction of sp³-hybridized carbons (Fsp3) is 0.517. The minimum atomic E-state index is -0.518. The Morgan fingerprint density at radius 1 is 1.00 bits per heavy atom. The van der Waals surface area contributed by atoms with Crippen molar-refractivity contribution < 1.29 is 18.7 Å². The van der Waals surface area contributed by atoms with Crippen molar-refractivity contribution in [2.24, 2.45) is 5.92 Å². The lowest BCUT2D eigenvalue weighted by Crippen LogP contribution is -2.43. The maximum absolute atomic E-state index is 13.8. The first-order valence-corrected chi connectivity index (χ1v) is 13.2. The molecule has 2 amide bonds. The number of carbonyl (C=O) groups is 2. The van der Waals surface area contributed by atoms with E-state index in [9.17, 15) is 14.0 Å². The summed E-state index contributed by atoms with van der Waals surface area (Å²) in [5.74, 6) is 0.675. The number of amides is 2. The molecule has 2 atom stereocenters. The zero-order valence-electron chi connectivity index (χ0n) is 20.5. The van der Waals surface area contributed by atoms with Crippen molar-refractivity contribution in [3.05, 3.63) is 65.0 Å². The third-order valence-corrected chi connectivity index (χ3v) is 7.86.